The smallest absolute Gasteiger partial charge is 0.220 e. The Morgan fingerprint density at radius 1 is 0.468 bits per heavy atom. The molecule has 454 valence electrons. The fourth-order valence-corrected chi connectivity index (χ4v) is 9.35. The molecule has 0 aromatic rings. The number of aliphatic hydroxyl groups excluding tert-OH is 11. The van der Waals surface area contributed by atoms with E-state index in [1.54, 1.807) is 6.08 Å². The van der Waals surface area contributed by atoms with E-state index in [9.17, 15) is 61.0 Å². The van der Waals surface area contributed by atoms with Crippen molar-refractivity contribution in [2.24, 2.45) is 0 Å². The SMILES string of the molecule is CC/C=C\C/C=C\C/C=C\C/C=C\C/C=C\CCCCCCCCCC(=O)NC(COC1OC(CO)C(OC2OC(CO)C(OC3OC(CO)C(O)C(O)C3O)C(O)C2O)C(O)C1O)C(O)/C=C/CC/C=C/CCCCCCC. The number of allylic oxidation sites excluding steroid dienone is 13. The van der Waals surface area contributed by atoms with Gasteiger partial charge in [0, 0.05) is 6.42 Å². The van der Waals surface area contributed by atoms with Gasteiger partial charge in [-0.05, 0) is 77.0 Å². The van der Waals surface area contributed by atoms with Gasteiger partial charge < -0.3 is 89.9 Å². The van der Waals surface area contributed by atoms with Gasteiger partial charge in [-0.3, -0.25) is 4.79 Å². The maximum Gasteiger partial charge on any atom is 0.220 e. The van der Waals surface area contributed by atoms with E-state index in [1.807, 2.05) is 6.08 Å². The highest BCUT2D eigenvalue weighted by atomic mass is 16.8. The maximum absolute atomic E-state index is 13.3. The lowest BCUT2D eigenvalue weighted by atomic mass is 9.96. The van der Waals surface area contributed by atoms with Crippen LogP contribution in [0.25, 0.3) is 0 Å². The predicted molar refractivity (Wildman–Crippen MR) is 300 cm³/mol. The molecule has 17 unspecified atom stereocenters. The minimum absolute atomic E-state index is 0.217. The van der Waals surface area contributed by atoms with E-state index >= 15 is 0 Å². The average Bonchev–Trinajstić information content (AvgIpc) is 3.49. The summed E-state index contributed by atoms with van der Waals surface area (Å²) in [6, 6.07) is -0.999. The van der Waals surface area contributed by atoms with Crippen LogP contribution in [0.1, 0.15) is 155 Å². The third-order valence-corrected chi connectivity index (χ3v) is 14.2. The molecule has 19 heteroatoms. The summed E-state index contributed by atoms with van der Waals surface area (Å²) in [6.07, 6.45) is 24.3. The summed E-state index contributed by atoms with van der Waals surface area (Å²) in [4.78, 5) is 13.3. The maximum atomic E-state index is 13.3. The number of carbonyl (C=O) groups is 1. The van der Waals surface area contributed by atoms with E-state index < -0.39 is 124 Å². The Balaban J connectivity index is 1.49. The number of unbranched alkanes of at least 4 members (excludes halogenated alkanes) is 13. The van der Waals surface area contributed by atoms with Crippen molar-refractivity contribution in [1.82, 2.24) is 5.32 Å². The molecular formula is C60H101NO18. The molecule has 0 spiro atoms. The molecule has 79 heavy (non-hydrogen) atoms. The van der Waals surface area contributed by atoms with E-state index in [2.05, 4.69) is 92.1 Å². The van der Waals surface area contributed by atoms with Crippen molar-refractivity contribution in [3.8, 4) is 0 Å². The third-order valence-electron chi connectivity index (χ3n) is 14.2. The zero-order chi connectivity index (χ0) is 57.6. The molecule has 3 saturated heterocycles. The van der Waals surface area contributed by atoms with Crippen LogP contribution in [0.5, 0.6) is 0 Å². The number of nitrogens with one attached hydrogen (secondary N) is 1. The standard InChI is InChI=1S/C60H101NO18/c1-3-5-7-9-11-13-15-16-17-18-19-20-21-22-23-24-25-26-28-30-32-34-36-38-48(66)61-43(44(65)37-35-33-31-29-27-14-12-10-8-6-4-2)42-74-58-54(72)51(69)56(46(40-63)76-58)79-60-55(73)52(70)57(47(41-64)77-60)78-59-53(71)50(68)49(67)45(39-62)75-59/h5,7,11,13,16-17,19-20,22-23,27,29,35,37,43-47,49-60,62-65,67-73H,3-4,6,8-10,12,14-15,18,21,24-26,28,30-34,36,38-42H2,1-2H3,(H,61,66)/b7-5-,13-11-,17-16-,20-19-,23-22-,29-27+,37-35+. The number of amides is 1. The van der Waals surface area contributed by atoms with Crippen molar-refractivity contribution in [2.75, 3.05) is 26.4 Å². The zero-order valence-corrected chi connectivity index (χ0v) is 47.1. The summed E-state index contributed by atoms with van der Waals surface area (Å²) in [5.74, 6) is -0.304. The van der Waals surface area contributed by atoms with Crippen LogP contribution in [0.2, 0.25) is 0 Å². The van der Waals surface area contributed by atoms with Gasteiger partial charge in [-0.15, -0.1) is 0 Å². The van der Waals surface area contributed by atoms with Crippen LogP contribution in [0.4, 0.5) is 0 Å². The highest BCUT2D eigenvalue weighted by Crippen LogP contribution is 2.33. The van der Waals surface area contributed by atoms with Gasteiger partial charge in [0.15, 0.2) is 18.9 Å². The highest BCUT2D eigenvalue weighted by molar-refractivity contribution is 5.76. The van der Waals surface area contributed by atoms with Crippen LogP contribution in [0.15, 0.2) is 85.1 Å². The Kier molecular flexibility index (Phi) is 38.0. The first-order valence-electron chi connectivity index (χ1n) is 29.3. The molecule has 3 fully saturated rings. The van der Waals surface area contributed by atoms with Gasteiger partial charge in [0.25, 0.3) is 0 Å². The second-order valence-corrected chi connectivity index (χ2v) is 20.7. The number of aliphatic hydroxyl groups is 11. The van der Waals surface area contributed by atoms with Gasteiger partial charge in [0.1, 0.15) is 73.2 Å². The Bertz CT molecular complexity index is 1770. The molecule has 3 aliphatic heterocycles. The number of hydrogen-bond donors (Lipinski definition) is 12. The minimum atomic E-state index is -1.98. The second-order valence-electron chi connectivity index (χ2n) is 20.7. The fraction of sp³-hybridized carbons (Fsp3) is 0.750. The van der Waals surface area contributed by atoms with Crippen molar-refractivity contribution < 1.29 is 89.4 Å². The molecular weight excluding hydrogens is 1020 g/mol. The normalized spacial score (nSPS) is 30.9. The Morgan fingerprint density at radius 2 is 0.886 bits per heavy atom. The zero-order valence-electron chi connectivity index (χ0n) is 47.1. The van der Waals surface area contributed by atoms with Gasteiger partial charge >= 0.3 is 0 Å². The van der Waals surface area contributed by atoms with Gasteiger partial charge in [-0.2, -0.15) is 0 Å². The molecule has 12 N–H and O–H groups in total. The number of ether oxygens (including phenoxy) is 6. The van der Waals surface area contributed by atoms with Crippen LogP contribution in [-0.4, -0.2) is 193 Å². The van der Waals surface area contributed by atoms with E-state index in [4.69, 9.17) is 28.4 Å². The molecule has 0 saturated carbocycles. The van der Waals surface area contributed by atoms with Crippen LogP contribution >= 0.6 is 0 Å². The molecule has 19 nitrogen and oxygen atoms in total. The van der Waals surface area contributed by atoms with Crippen molar-refractivity contribution >= 4 is 5.91 Å². The van der Waals surface area contributed by atoms with Crippen molar-refractivity contribution in [1.29, 1.82) is 0 Å². The third kappa shape index (κ3) is 26.8. The van der Waals surface area contributed by atoms with E-state index in [0.717, 1.165) is 96.3 Å². The van der Waals surface area contributed by atoms with Gasteiger partial charge in [0.2, 0.25) is 5.91 Å². The predicted octanol–water partition coefficient (Wildman–Crippen LogP) is 4.81. The molecule has 3 rings (SSSR count). The summed E-state index contributed by atoms with van der Waals surface area (Å²) in [6.45, 7) is 1.51. The molecule has 3 aliphatic rings. The second kappa shape index (κ2) is 42.7. The number of carbonyl (C=O) groups excluding carboxylic acids is 1. The van der Waals surface area contributed by atoms with E-state index in [0.29, 0.717) is 12.8 Å². The summed E-state index contributed by atoms with van der Waals surface area (Å²) < 4.78 is 34.1. The van der Waals surface area contributed by atoms with Gasteiger partial charge in [-0.1, -0.05) is 157 Å². The lowest BCUT2D eigenvalue weighted by Crippen LogP contribution is -2.66. The lowest BCUT2D eigenvalue weighted by molar-refractivity contribution is -0.379. The van der Waals surface area contributed by atoms with E-state index in [1.165, 1.54) is 25.7 Å². The molecule has 3 heterocycles. The molecule has 17 atom stereocenters. The summed E-state index contributed by atoms with van der Waals surface area (Å²) in [5, 5.41) is 120. The number of rotatable bonds is 41. The van der Waals surface area contributed by atoms with Crippen molar-refractivity contribution in [3.63, 3.8) is 0 Å². The minimum Gasteiger partial charge on any atom is -0.394 e. The van der Waals surface area contributed by atoms with Crippen molar-refractivity contribution in [2.45, 2.75) is 259 Å². The van der Waals surface area contributed by atoms with Gasteiger partial charge in [0.05, 0.1) is 38.6 Å². The quantitative estimate of drug-likeness (QED) is 0.0289. The molecule has 1 amide bonds. The summed E-state index contributed by atoms with van der Waals surface area (Å²) in [7, 11) is 0. The molecule has 0 bridgehead atoms. The van der Waals surface area contributed by atoms with Crippen LogP contribution in [0.3, 0.4) is 0 Å². The summed E-state index contributed by atoms with van der Waals surface area (Å²) in [5.41, 5.74) is 0. The largest absolute Gasteiger partial charge is 0.394 e. The van der Waals surface area contributed by atoms with Crippen LogP contribution < -0.4 is 5.32 Å². The first-order chi connectivity index (χ1) is 38.3. The number of hydrogen-bond acceptors (Lipinski definition) is 18. The van der Waals surface area contributed by atoms with E-state index in [-0.39, 0.29) is 18.9 Å². The van der Waals surface area contributed by atoms with Crippen LogP contribution in [0, 0.1) is 0 Å². The van der Waals surface area contributed by atoms with Crippen molar-refractivity contribution in [3.05, 3.63) is 85.1 Å². The highest BCUT2D eigenvalue weighted by Gasteiger charge is 2.53. The molecule has 0 aromatic carbocycles. The fourth-order valence-electron chi connectivity index (χ4n) is 9.35. The van der Waals surface area contributed by atoms with Gasteiger partial charge in [-0.25, -0.2) is 0 Å². The Morgan fingerprint density at radius 3 is 1.42 bits per heavy atom. The Hall–Kier alpha value is -3.03. The molecule has 0 radical (unpaired) electrons. The van der Waals surface area contributed by atoms with Crippen LogP contribution in [-0.2, 0) is 33.2 Å². The molecule has 0 aromatic heterocycles. The first-order valence-corrected chi connectivity index (χ1v) is 29.3. The lowest BCUT2D eigenvalue weighted by Gasteiger charge is -2.48. The monoisotopic (exact) mass is 1120 g/mol. The Labute approximate surface area is 470 Å². The first kappa shape index (κ1) is 70.2. The topological polar surface area (TPSA) is 307 Å². The summed E-state index contributed by atoms with van der Waals surface area (Å²) >= 11 is 0. The average molecular weight is 1120 g/mol. The molecule has 0 aliphatic carbocycles.